The van der Waals surface area contributed by atoms with E-state index in [-0.39, 0.29) is 27.4 Å². The predicted octanol–water partition coefficient (Wildman–Crippen LogP) is 5.01. The number of nitrogens with one attached hydrogen (secondary N) is 1. The van der Waals surface area contributed by atoms with Gasteiger partial charge in [0.05, 0.1) is 21.5 Å². The summed E-state index contributed by atoms with van der Waals surface area (Å²) in [5, 5.41) is 3.25. The number of carbonyl (C=O) groups is 1. The lowest BCUT2D eigenvalue weighted by molar-refractivity contribution is 0.0935. The molecule has 1 N–H and O–H groups in total. The Kier molecular flexibility index (Phi) is 7.22. The molecule has 0 aliphatic carbocycles. The van der Waals surface area contributed by atoms with Gasteiger partial charge < -0.3 is 5.32 Å². The quantitative estimate of drug-likeness (QED) is 0.675. The second kappa shape index (κ2) is 9.50. The lowest BCUT2D eigenvalue weighted by Gasteiger charge is -2.26. The Bertz CT molecular complexity index is 1030. The molecule has 0 bridgehead atoms. The van der Waals surface area contributed by atoms with E-state index >= 15 is 0 Å². The fourth-order valence-corrected chi connectivity index (χ4v) is 5.48. The van der Waals surface area contributed by atoms with E-state index in [2.05, 4.69) is 11.4 Å². The molecule has 1 atom stereocenters. The molecular formula is C23H29ClN2O3S. The van der Waals surface area contributed by atoms with Gasteiger partial charge in [-0.25, -0.2) is 8.42 Å². The lowest BCUT2D eigenvalue weighted by Crippen LogP contribution is -2.35. The maximum atomic E-state index is 13.0. The van der Waals surface area contributed by atoms with Crippen molar-refractivity contribution in [2.75, 3.05) is 13.1 Å². The van der Waals surface area contributed by atoms with Crippen LogP contribution in [0.15, 0.2) is 41.3 Å². The van der Waals surface area contributed by atoms with Gasteiger partial charge in [-0.05, 0) is 68.0 Å². The monoisotopic (exact) mass is 448 g/mol. The Balaban J connectivity index is 1.86. The molecule has 1 unspecified atom stereocenters. The molecule has 3 rings (SSSR count). The number of sulfonamides is 1. The van der Waals surface area contributed by atoms with E-state index in [1.54, 1.807) is 0 Å². The Morgan fingerprint density at radius 3 is 2.40 bits per heavy atom. The summed E-state index contributed by atoms with van der Waals surface area (Å²) in [6.45, 7) is 7.11. The van der Waals surface area contributed by atoms with Crippen molar-refractivity contribution in [3.63, 3.8) is 0 Å². The number of amides is 1. The van der Waals surface area contributed by atoms with Crippen molar-refractivity contribution >= 4 is 27.5 Å². The van der Waals surface area contributed by atoms with Crippen molar-refractivity contribution < 1.29 is 13.2 Å². The first-order valence-corrected chi connectivity index (χ1v) is 12.2. The summed E-state index contributed by atoms with van der Waals surface area (Å²) in [6, 6.07) is 10.3. The SMILES string of the molecule is CCC(NC(=O)c1cc(S(=O)(=O)N2CCCCC2)ccc1Cl)c1ccc(C)c(C)c1. The molecule has 162 valence electrons. The van der Waals surface area contributed by atoms with Crippen LogP contribution in [0.2, 0.25) is 5.02 Å². The maximum Gasteiger partial charge on any atom is 0.253 e. The summed E-state index contributed by atoms with van der Waals surface area (Å²) >= 11 is 6.28. The van der Waals surface area contributed by atoms with Gasteiger partial charge >= 0.3 is 0 Å². The number of hydrogen-bond acceptors (Lipinski definition) is 3. The van der Waals surface area contributed by atoms with Crippen LogP contribution in [0.25, 0.3) is 0 Å². The van der Waals surface area contributed by atoms with Gasteiger partial charge in [-0.3, -0.25) is 4.79 Å². The molecule has 1 saturated heterocycles. The first-order chi connectivity index (χ1) is 14.2. The first kappa shape index (κ1) is 22.8. The smallest absolute Gasteiger partial charge is 0.253 e. The molecule has 7 heteroatoms. The molecule has 30 heavy (non-hydrogen) atoms. The third-order valence-electron chi connectivity index (χ3n) is 5.78. The standard InChI is InChI=1S/C23H29ClN2O3S/c1-4-22(18-9-8-16(2)17(3)14-18)25-23(27)20-15-19(10-11-21(20)24)30(28,29)26-12-6-5-7-13-26/h8-11,14-15,22H,4-7,12-13H2,1-3H3,(H,25,27). The summed E-state index contributed by atoms with van der Waals surface area (Å²) in [4.78, 5) is 13.1. The third-order valence-corrected chi connectivity index (χ3v) is 8.01. The zero-order valence-electron chi connectivity index (χ0n) is 17.7. The molecule has 0 saturated carbocycles. The van der Waals surface area contributed by atoms with Crippen molar-refractivity contribution in [3.05, 3.63) is 63.7 Å². The summed E-state index contributed by atoms with van der Waals surface area (Å²) in [5.41, 5.74) is 3.55. The topological polar surface area (TPSA) is 66.5 Å². The van der Waals surface area contributed by atoms with Crippen LogP contribution in [0.4, 0.5) is 0 Å². The molecule has 1 aliphatic heterocycles. The van der Waals surface area contributed by atoms with Gasteiger partial charge in [0.25, 0.3) is 5.91 Å². The van der Waals surface area contributed by atoms with Crippen molar-refractivity contribution in [3.8, 4) is 0 Å². The van der Waals surface area contributed by atoms with E-state index in [1.807, 2.05) is 32.9 Å². The van der Waals surface area contributed by atoms with Crippen LogP contribution >= 0.6 is 11.6 Å². The number of carbonyl (C=O) groups excluding carboxylic acids is 1. The molecule has 0 radical (unpaired) electrons. The largest absolute Gasteiger partial charge is 0.345 e. The highest BCUT2D eigenvalue weighted by Crippen LogP contribution is 2.26. The fourth-order valence-electron chi connectivity index (χ4n) is 3.73. The summed E-state index contributed by atoms with van der Waals surface area (Å²) in [7, 11) is -3.64. The Morgan fingerprint density at radius 2 is 1.77 bits per heavy atom. The van der Waals surface area contributed by atoms with E-state index in [9.17, 15) is 13.2 Å². The Morgan fingerprint density at radius 1 is 1.07 bits per heavy atom. The number of nitrogens with zero attached hydrogens (tertiary/aromatic N) is 1. The zero-order chi connectivity index (χ0) is 21.9. The highest BCUT2D eigenvalue weighted by Gasteiger charge is 2.27. The van der Waals surface area contributed by atoms with E-state index in [1.165, 1.54) is 28.1 Å². The van der Waals surface area contributed by atoms with Gasteiger partial charge in [0.2, 0.25) is 10.0 Å². The molecule has 5 nitrogen and oxygen atoms in total. The van der Waals surface area contributed by atoms with Gasteiger partial charge in [0.15, 0.2) is 0 Å². The van der Waals surface area contributed by atoms with Gasteiger partial charge in [0, 0.05) is 13.1 Å². The molecular weight excluding hydrogens is 420 g/mol. The normalized spacial score (nSPS) is 16.3. The third kappa shape index (κ3) is 4.88. The first-order valence-electron chi connectivity index (χ1n) is 10.4. The van der Waals surface area contributed by atoms with E-state index in [4.69, 9.17) is 11.6 Å². The molecule has 2 aromatic carbocycles. The average Bonchev–Trinajstić information content (AvgIpc) is 2.74. The average molecular weight is 449 g/mol. The number of piperidine rings is 1. The van der Waals surface area contributed by atoms with Crippen LogP contribution in [0.1, 0.15) is 65.7 Å². The van der Waals surface area contributed by atoms with Crippen molar-refractivity contribution in [2.24, 2.45) is 0 Å². The van der Waals surface area contributed by atoms with Crippen molar-refractivity contribution in [1.82, 2.24) is 9.62 Å². The number of hydrogen-bond donors (Lipinski definition) is 1. The van der Waals surface area contributed by atoms with Gasteiger partial charge in [-0.2, -0.15) is 4.31 Å². The Labute approximate surface area is 184 Å². The van der Waals surface area contributed by atoms with E-state index < -0.39 is 10.0 Å². The highest BCUT2D eigenvalue weighted by atomic mass is 35.5. The van der Waals surface area contributed by atoms with Crippen LogP contribution in [0.5, 0.6) is 0 Å². The van der Waals surface area contributed by atoms with Crippen LogP contribution in [0.3, 0.4) is 0 Å². The van der Waals surface area contributed by atoms with Gasteiger partial charge in [0.1, 0.15) is 0 Å². The van der Waals surface area contributed by atoms with Crippen LogP contribution in [0, 0.1) is 13.8 Å². The summed E-state index contributed by atoms with van der Waals surface area (Å²) in [6.07, 6.45) is 3.46. The Hall–Kier alpha value is -1.89. The fraction of sp³-hybridized carbons (Fsp3) is 0.435. The molecule has 1 amide bonds. The molecule has 0 spiro atoms. The van der Waals surface area contributed by atoms with Crippen LogP contribution in [-0.2, 0) is 10.0 Å². The minimum atomic E-state index is -3.64. The van der Waals surface area contributed by atoms with Crippen molar-refractivity contribution in [1.29, 1.82) is 0 Å². The van der Waals surface area contributed by atoms with Crippen molar-refractivity contribution in [2.45, 2.75) is 57.4 Å². The van der Waals surface area contributed by atoms with E-state index in [0.717, 1.165) is 30.4 Å². The van der Waals surface area contributed by atoms with E-state index in [0.29, 0.717) is 19.5 Å². The zero-order valence-corrected chi connectivity index (χ0v) is 19.3. The molecule has 1 aliphatic rings. The van der Waals surface area contributed by atoms with Crippen LogP contribution in [-0.4, -0.2) is 31.7 Å². The highest BCUT2D eigenvalue weighted by molar-refractivity contribution is 7.89. The van der Waals surface area contributed by atoms with Gasteiger partial charge in [-0.15, -0.1) is 0 Å². The number of rotatable bonds is 6. The molecule has 1 heterocycles. The number of halogens is 1. The molecule has 1 fully saturated rings. The predicted molar refractivity (Wildman–Crippen MR) is 120 cm³/mol. The number of benzene rings is 2. The lowest BCUT2D eigenvalue weighted by atomic mass is 9.99. The van der Waals surface area contributed by atoms with Crippen LogP contribution < -0.4 is 5.32 Å². The summed E-state index contributed by atoms with van der Waals surface area (Å²) in [5.74, 6) is -0.374. The molecule has 2 aromatic rings. The summed E-state index contributed by atoms with van der Waals surface area (Å²) < 4.78 is 27.5. The van der Waals surface area contributed by atoms with Gasteiger partial charge in [-0.1, -0.05) is 43.1 Å². The second-order valence-electron chi connectivity index (χ2n) is 7.88. The minimum Gasteiger partial charge on any atom is -0.345 e. The second-order valence-corrected chi connectivity index (χ2v) is 10.2. The minimum absolute atomic E-state index is 0.109. The molecule has 0 aromatic heterocycles. The maximum absolute atomic E-state index is 13.0. The number of aryl methyl sites for hydroxylation is 2.